The molecule has 146 valence electrons. The second-order valence-electron chi connectivity index (χ2n) is 7.48. The number of para-hydroxylation sites is 1. The van der Waals surface area contributed by atoms with Crippen LogP contribution in [-0.2, 0) is 0 Å². The summed E-state index contributed by atoms with van der Waals surface area (Å²) < 4.78 is 5.81. The minimum absolute atomic E-state index is 0.155. The van der Waals surface area contributed by atoms with E-state index in [1.165, 1.54) is 19.3 Å². The zero-order chi connectivity index (χ0) is 19.9. The van der Waals surface area contributed by atoms with Crippen LogP contribution in [0.1, 0.15) is 49.9 Å². The number of fused-ring (bicyclic) bond motifs is 1. The van der Waals surface area contributed by atoms with Gasteiger partial charge in [-0.3, -0.25) is 0 Å². The maximum absolute atomic E-state index is 11.5. The largest absolute Gasteiger partial charge is 0.545 e. The van der Waals surface area contributed by atoms with Gasteiger partial charge in [0.2, 0.25) is 0 Å². The Balaban J connectivity index is 1.67. The van der Waals surface area contributed by atoms with Gasteiger partial charge in [0.25, 0.3) is 0 Å². The Bertz CT molecular complexity index is 932. The van der Waals surface area contributed by atoms with Crippen LogP contribution in [0.15, 0.2) is 54.6 Å². The van der Waals surface area contributed by atoms with Crippen molar-refractivity contribution >= 4 is 16.9 Å². The normalized spacial score (nSPS) is 11.1. The summed E-state index contributed by atoms with van der Waals surface area (Å²) in [7, 11) is 0. The van der Waals surface area contributed by atoms with Crippen LogP contribution in [0.5, 0.6) is 5.75 Å². The second kappa shape index (κ2) is 9.36. The maximum atomic E-state index is 11.5. The van der Waals surface area contributed by atoms with Crippen molar-refractivity contribution in [3.8, 4) is 17.0 Å². The zero-order valence-corrected chi connectivity index (χ0v) is 16.5. The van der Waals surface area contributed by atoms with Crippen molar-refractivity contribution in [3.63, 3.8) is 0 Å². The molecular formula is C24H26NO3-. The van der Waals surface area contributed by atoms with Gasteiger partial charge in [0.05, 0.1) is 23.8 Å². The molecule has 3 rings (SSSR count). The Morgan fingerprint density at radius 1 is 1.04 bits per heavy atom. The van der Waals surface area contributed by atoms with E-state index >= 15 is 0 Å². The number of carboxylic acids is 1. The van der Waals surface area contributed by atoms with Gasteiger partial charge in [0.15, 0.2) is 0 Å². The average Bonchev–Trinajstić information content (AvgIpc) is 2.70. The molecule has 2 aromatic carbocycles. The lowest BCUT2D eigenvalue weighted by molar-refractivity contribution is -0.254. The molecule has 0 radical (unpaired) electrons. The molecule has 1 aromatic heterocycles. The molecule has 0 saturated carbocycles. The number of carbonyl (C=O) groups excluding carboxylic acids is 1. The standard InChI is InChI=1S/C24H27NO3/c1-17(2)8-4-3-7-15-28-19-13-11-18(12-14-19)23-16-21(24(26)27)20-9-5-6-10-22(20)25-23/h5-6,9-14,16-17H,3-4,7-8,15H2,1-2H3,(H,26,27)/p-1. The molecule has 0 amide bonds. The van der Waals surface area contributed by atoms with Gasteiger partial charge in [-0.2, -0.15) is 0 Å². The molecule has 4 nitrogen and oxygen atoms in total. The smallest absolute Gasteiger partial charge is 0.119 e. The van der Waals surface area contributed by atoms with E-state index in [1.807, 2.05) is 36.4 Å². The number of unbranched alkanes of at least 4 members (excludes halogenated alkanes) is 2. The van der Waals surface area contributed by atoms with E-state index in [2.05, 4.69) is 18.8 Å². The van der Waals surface area contributed by atoms with Crippen LogP contribution >= 0.6 is 0 Å². The maximum Gasteiger partial charge on any atom is 0.119 e. The number of hydrogen-bond acceptors (Lipinski definition) is 4. The van der Waals surface area contributed by atoms with E-state index in [-0.39, 0.29) is 5.56 Å². The predicted molar refractivity (Wildman–Crippen MR) is 110 cm³/mol. The Kier molecular flexibility index (Phi) is 6.64. The highest BCUT2D eigenvalue weighted by Gasteiger charge is 2.08. The molecule has 0 N–H and O–H groups in total. The number of nitrogens with zero attached hydrogens (tertiary/aromatic N) is 1. The highest BCUT2D eigenvalue weighted by Crippen LogP contribution is 2.26. The lowest BCUT2D eigenvalue weighted by Crippen LogP contribution is -2.22. The molecule has 28 heavy (non-hydrogen) atoms. The quantitative estimate of drug-likeness (QED) is 0.500. The van der Waals surface area contributed by atoms with Crippen LogP contribution in [0, 0.1) is 5.92 Å². The number of aromatic nitrogens is 1. The van der Waals surface area contributed by atoms with Crippen LogP contribution in [0.4, 0.5) is 0 Å². The first-order valence-corrected chi connectivity index (χ1v) is 9.89. The van der Waals surface area contributed by atoms with Crippen molar-refractivity contribution < 1.29 is 14.6 Å². The van der Waals surface area contributed by atoms with Crippen molar-refractivity contribution in [1.29, 1.82) is 0 Å². The van der Waals surface area contributed by atoms with E-state index in [0.717, 1.165) is 23.7 Å². The summed E-state index contributed by atoms with van der Waals surface area (Å²) in [6.07, 6.45) is 4.74. The number of carbonyl (C=O) groups is 1. The third kappa shape index (κ3) is 5.10. The Morgan fingerprint density at radius 2 is 1.79 bits per heavy atom. The molecule has 0 bridgehead atoms. The molecule has 0 atom stereocenters. The SMILES string of the molecule is CC(C)CCCCCOc1ccc(-c2cc(C(=O)[O-])c3ccccc3n2)cc1. The number of hydrogen-bond donors (Lipinski definition) is 0. The second-order valence-corrected chi connectivity index (χ2v) is 7.48. The van der Waals surface area contributed by atoms with E-state index in [1.54, 1.807) is 18.2 Å². The molecule has 0 saturated heterocycles. The first kappa shape index (κ1) is 19.9. The molecule has 0 fully saturated rings. The van der Waals surface area contributed by atoms with Gasteiger partial charge < -0.3 is 14.6 Å². The van der Waals surface area contributed by atoms with Crippen molar-refractivity contribution in [3.05, 3.63) is 60.2 Å². The topological polar surface area (TPSA) is 62.2 Å². The molecule has 3 aromatic rings. The van der Waals surface area contributed by atoms with Crippen molar-refractivity contribution in [1.82, 2.24) is 4.98 Å². The fraction of sp³-hybridized carbons (Fsp3) is 0.333. The highest BCUT2D eigenvalue weighted by molar-refractivity contribution is 6.02. The van der Waals surface area contributed by atoms with Crippen LogP contribution < -0.4 is 9.84 Å². The third-order valence-corrected chi connectivity index (χ3v) is 4.78. The van der Waals surface area contributed by atoms with Crippen LogP contribution in [0.2, 0.25) is 0 Å². The summed E-state index contributed by atoms with van der Waals surface area (Å²) in [6, 6.07) is 16.4. The molecule has 0 aliphatic carbocycles. The van der Waals surface area contributed by atoms with E-state index in [0.29, 0.717) is 23.2 Å². The monoisotopic (exact) mass is 376 g/mol. The minimum Gasteiger partial charge on any atom is -0.545 e. The first-order valence-electron chi connectivity index (χ1n) is 9.89. The highest BCUT2D eigenvalue weighted by atomic mass is 16.5. The average molecular weight is 376 g/mol. The van der Waals surface area contributed by atoms with Gasteiger partial charge in [-0.05, 0) is 48.7 Å². The van der Waals surface area contributed by atoms with Gasteiger partial charge in [0.1, 0.15) is 5.75 Å². The van der Waals surface area contributed by atoms with Crippen LogP contribution in [0.3, 0.4) is 0 Å². The van der Waals surface area contributed by atoms with Gasteiger partial charge in [-0.15, -0.1) is 0 Å². The summed E-state index contributed by atoms with van der Waals surface area (Å²) in [5.74, 6) is 0.375. The zero-order valence-electron chi connectivity index (χ0n) is 16.5. The van der Waals surface area contributed by atoms with Crippen molar-refractivity contribution in [2.24, 2.45) is 5.92 Å². The molecule has 4 heteroatoms. The van der Waals surface area contributed by atoms with Gasteiger partial charge in [-0.25, -0.2) is 4.98 Å². The molecule has 1 heterocycles. The fourth-order valence-corrected chi connectivity index (χ4v) is 3.24. The predicted octanol–water partition coefficient (Wildman–Crippen LogP) is 4.86. The summed E-state index contributed by atoms with van der Waals surface area (Å²) >= 11 is 0. The molecule has 0 aliphatic rings. The molecule has 0 aliphatic heterocycles. The summed E-state index contributed by atoms with van der Waals surface area (Å²) in [4.78, 5) is 16.1. The fourth-order valence-electron chi connectivity index (χ4n) is 3.24. The van der Waals surface area contributed by atoms with Crippen molar-refractivity contribution in [2.45, 2.75) is 39.5 Å². The number of aromatic carboxylic acids is 1. The van der Waals surface area contributed by atoms with Gasteiger partial charge >= 0.3 is 0 Å². The minimum atomic E-state index is -1.20. The number of pyridine rings is 1. The van der Waals surface area contributed by atoms with E-state index < -0.39 is 5.97 Å². The van der Waals surface area contributed by atoms with E-state index in [4.69, 9.17) is 4.74 Å². The van der Waals surface area contributed by atoms with Crippen LogP contribution in [0.25, 0.3) is 22.2 Å². The van der Waals surface area contributed by atoms with Gasteiger partial charge in [-0.1, -0.05) is 51.3 Å². The molecule has 0 unspecified atom stereocenters. The first-order chi connectivity index (χ1) is 13.5. The van der Waals surface area contributed by atoms with E-state index in [9.17, 15) is 9.90 Å². The van der Waals surface area contributed by atoms with Gasteiger partial charge in [0, 0.05) is 16.5 Å². The van der Waals surface area contributed by atoms with Crippen LogP contribution in [-0.4, -0.2) is 17.6 Å². The summed E-state index contributed by atoms with van der Waals surface area (Å²) in [5.41, 5.74) is 2.25. The molecular weight excluding hydrogens is 350 g/mol. The lowest BCUT2D eigenvalue weighted by Gasteiger charge is -2.11. The Labute approximate surface area is 166 Å². The number of benzene rings is 2. The Morgan fingerprint density at radius 3 is 2.50 bits per heavy atom. The van der Waals surface area contributed by atoms with Crippen molar-refractivity contribution in [2.75, 3.05) is 6.61 Å². The third-order valence-electron chi connectivity index (χ3n) is 4.78. The number of carboxylic acid groups (broad SMARTS) is 1. The molecule has 0 spiro atoms. The summed E-state index contributed by atoms with van der Waals surface area (Å²) in [6.45, 7) is 5.21. The Hall–Kier alpha value is -2.88. The summed E-state index contributed by atoms with van der Waals surface area (Å²) in [5, 5.41) is 12.1. The number of ether oxygens (including phenoxy) is 1. The lowest BCUT2D eigenvalue weighted by atomic mass is 10.0. The number of rotatable bonds is 9.